The predicted octanol–water partition coefficient (Wildman–Crippen LogP) is 2.79. The van der Waals surface area contributed by atoms with Gasteiger partial charge in [-0.05, 0) is 50.8 Å². The van der Waals surface area contributed by atoms with Crippen molar-refractivity contribution in [1.29, 1.82) is 0 Å². The van der Waals surface area contributed by atoms with E-state index in [0.29, 0.717) is 12.6 Å². The number of amides is 2. The van der Waals surface area contributed by atoms with Crippen LogP contribution in [0.5, 0.6) is 0 Å². The average molecular weight is 271 g/mol. The molecule has 0 radical (unpaired) electrons. The summed E-state index contributed by atoms with van der Waals surface area (Å²) < 4.78 is 0. The molecule has 2 amide bonds. The Labute approximate surface area is 118 Å². The normalized spacial score (nSPS) is 14.5. The van der Waals surface area contributed by atoms with Crippen LogP contribution in [0.3, 0.4) is 0 Å². The van der Waals surface area contributed by atoms with Crippen molar-refractivity contribution in [3.05, 3.63) is 35.0 Å². The monoisotopic (exact) mass is 271 g/mol. The predicted molar refractivity (Wildman–Crippen MR) is 81.0 cm³/mol. The number of hydrogen-bond donors (Lipinski definition) is 3. The van der Waals surface area contributed by atoms with Gasteiger partial charge in [-0.15, -0.1) is 0 Å². The Morgan fingerprint density at radius 1 is 1.35 bits per heavy atom. The molecule has 1 aliphatic rings. The van der Waals surface area contributed by atoms with E-state index in [-0.39, 0.29) is 6.03 Å². The van der Waals surface area contributed by atoms with Crippen LogP contribution in [0.25, 0.3) is 10.9 Å². The summed E-state index contributed by atoms with van der Waals surface area (Å²) in [7, 11) is 0. The molecule has 2 aromatic rings. The van der Waals surface area contributed by atoms with Crippen LogP contribution in [-0.4, -0.2) is 23.6 Å². The summed E-state index contributed by atoms with van der Waals surface area (Å²) in [6.07, 6.45) is 3.09. The van der Waals surface area contributed by atoms with E-state index in [0.717, 1.165) is 19.3 Å². The van der Waals surface area contributed by atoms with Gasteiger partial charge in [0.1, 0.15) is 0 Å². The molecule has 1 aromatic carbocycles. The highest BCUT2D eigenvalue weighted by Crippen LogP contribution is 2.23. The first-order valence-corrected chi connectivity index (χ1v) is 7.25. The number of hydrogen-bond acceptors (Lipinski definition) is 1. The smallest absolute Gasteiger partial charge is 0.315 e. The van der Waals surface area contributed by atoms with Crippen molar-refractivity contribution in [1.82, 2.24) is 15.6 Å². The van der Waals surface area contributed by atoms with Crippen LogP contribution in [0.15, 0.2) is 18.2 Å². The van der Waals surface area contributed by atoms with Gasteiger partial charge in [-0.1, -0.05) is 11.6 Å². The van der Waals surface area contributed by atoms with Gasteiger partial charge in [0.05, 0.1) is 0 Å². The fourth-order valence-corrected chi connectivity index (χ4v) is 2.58. The van der Waals surface area contributed by atoms with Crippen LogP contribution in [-0.2, 0) is 6.42 Å². The topological polar surface area (TPSA) is 56.9 Å². The van der Waals surface area contributed by atoms with Gasteiger partial charge in [-0.25, -0.2) is 4.79 Å². The largest absolute Gasteiger partial charge is 0.358 e. The zero-order valence-electron chi connectivity index (χ0n) is 12.0. The van der Waals surface area contributed by atoms with Gasteiger partial charge in [0.2, 0.25) is 0 Å². The van der Waals surface area contributed by atoms with Crippen LogP contribution in [0.4, 0.5) is 4.79 Å². The van der Waals surface area contributed by atoms with Gasteiger partial charge in [0.15, 0.2) is 0 Å². The third-order valence-corrected chi connectivity index (χ3v) is 3.85. The zero-order chi connectivity index (χ0) is 14.1. The highest BCUT2D eigenvalue weighted by atomic mass is 16.2. The van der Waals surface area contributed by atoms with Gasteiger partial charge in [0, 0.05) is 29.2 Å². The molecule has 0 spiro atoms. The molecule has 20 heavy (non-hydrogen) atoms. The Hall–Kier alpha value is -1.97. The van der Waals surface area contributed by atoms with Gasteiger partial charge in [-0.3, -0.25) is 0 Å². The standard InChI is InChI=1S/C16H21N3O/c1-10-3-6-15-14(9-10)13(11(2)18-15)7-8-17-16(20)19-12-4-5-12/h3,6,9,12,18H,4-5,7-8H2,1-2H3,(H2,17,19,20). The second-order valence-electron chi connectivity index (χ2n) is 5.70. The maximum absolute atomic E-state index is 11.6. The molecule has 1 aliphatic carbocycles. The van der Waals surface area contributed by atoms with Gasteiger partial charge < -0.3 is 15.6 Å². The highest BCUT2D eigenvalue weighted by Gasteiger charge is 2.22. The lowest BCUT2D eigenvalue weighted by atomic mass is 10.1. The minimum atomic E-state index is -0.0406. The van der Waals surface area contributed by atoms with Crippen molar-refractivity contribution in [3.63, 3.8) is 0 Å². The van der Waals surface area contributed by atoms with Crippen molar-refractivity contribution in [3.8, 4) is 0 Å². The van der Waals surface area contributed by atoms with Crippen molar-refractivity contribution in [2.75, 3.05) is 6.54 Å². The van der Waals surface area contributed by atoms with Crippen molar-refractivity contribution >= 4 is 16.9 Å². The first kappa shape index (κ1) is 13.0. The van der Waals surface area contributed by atoms with Crippen molar-refractivity contribution in [2.45, 2.75) is 39.2 Å². The van der Waals surface area contributed by atoms with Gasteiger partial charge >= 0.3 is 6.03 Å². The molecule has 4 nitrogen and oxygen atoms in total. The van der Waals surface area contributed by atoms with E-state index in [1.807, 2.05) is 0 Å². The molecular formula is C16H21N3O. The first-order valence-electron chi connectivity index (χ1n) is 7.25. The molecule has 1 fully saturated rings. The lowest BCUT2D eigenvalue weighted by Crippen LogP contribution is -2.37. The number of benzene rings is 1. The Balaban J connectivity index is 1.65. The number of carbonyl (C=O) groups is 1. The summed E-state index contributed by atoms with van der Waals surface area (Å²) in [5.41, 5.74) is 4.92. The molecule has 0 bridgehead atoms. The molecule has 4 heteroatoms. The van der Waals surface area contributed by atoms with Crippen molar-refractivity contribution in [2.24, 2.45) is 0 Å². The van der Waals surface area contributed by atoms with Crippen LogP contribution in [0.1, 0.15) is 29.7 Å². The van der Waals surface area contributed by atoms with Gasteiger partial charge in [-0.2, -0.15) is 0 Å². The van der Waals surface area contributed by atoms with Crippen LogP contribution in [0.2, 0.25) is 0 Å². The van der Waals surface area contributed by atoms with E-state index in [2.05, 4.69) is 47.7 Å². The lowest BCUT2D eigenvalue weighted by Gasteiger charge is -2.07. The van der Waals surface area contributed by atoms with E-state index < -0.39 is 0 Å². The molecule has 3 rings (SSSR count). The third-order valence-electron chi connectivity index (χ3n) is 3.85. The average Bonchev–Trinajstić information content (AvgIpc) is 3.15. The zero-order valence-corrected chi connectivity index (χ0v) is 12.0. The van der Waals surface area contributed by atoms with Crippen LogP contribution in [0, 0.1) is 13.8 Å². The van der Waals surface area contributed by atoms with E-state index in [4.69, 9.17) is 0 Å². The second-order valence-corrected chi connectivity index (χ2v) is 5.70. The Kier molecular flexibility index (Phi) is 3.38. The van der Waals surface area contributed by atoms with Crippen LogP contribution >= 0.6 is 0 Å². The molecule has 0 aliphatic heterocycles. The Morgan fingerprint density at radius 2 is 2.15 bits per heavy atom. The molecule has 1 saturated carbocycles. The van der Waals surface area contributed by atoms with Crippen molar-refractivity contribution < 1.29 is 4.79 Å². The summed E-state index contributed by atoms with van der Waals surface area (Å²) in [5.74, 6) is 0. The van der Waals surface area contributed by atoms with E-state index in [1.54, 1.807) is 0 Å². The lowest BCUT2D eigenvalue weighted by molar-refractivity contribution is 0.240. The first-order chi connectivity index (χ1) is 9.63. The number of nitrogens with one attached hydrogen (secondary N) is 3. The molecule has 106 valence electrons. The molecule has 0 atom stereocenters. The SMILES string of the molecule is Cc1ccc2[nH]c(C)c(CCNC(=O)NC3CC3)c2c1. The molecule has 0 saturated heterocycles. The number of urea groups is 1. The maximum Gasteiger partial charge on any atom is 0.315 e. The third kappa shape index (κ3) is 2.79. The molecule has 1 aromatic heterocycles. The Morgan fingerprint density at radius 3 is 2.90 bits per heavy atom. The maximum atomic E-state index is 11.6. The molecule has 1 heterocycles. The molecule has 3 N–H and O–H groups in total. The number of aryl methyl sites for hydroxylation is 2. The minimum Gasteiger partial charge on any atom is -0.358 e. The quantitative estimate of drug-likeness (QED) is 0.787. The molecular weight excluding hydrogens is 250 g/mol. The molecule has 0 unspecified atom stereocenters. The number of H-pyrrole nitrogens is 1. The summed E-state index contributed by atoms with van der Waals surface area (Å²) >= 11 is 0. The number of carbonyl (C=O) groups excluding carboxylic acids is 1. The highest BCUT2D eigenvalue weighted by molar-refractivity contribution is 5.85. The summed E-state index contributed by atoms with van der Waals surface area (Å²) in [4.78, 5) is 15.0. The van der Waals surface area contributed by atoms with E-state index in [1.165, 1.54) is 27.7 Å². The van der Waals surface area contributed by atoms with E-state index >= 15 is 0 Å². The second kappa shape index (κ2) is 5.19. The number of aromatic nitrogens is 1. The fraction of sp³-hybridized carbons (Fsp3) is 0.438. The van der Waals surface area contributed by atoms with E-state index in [9.17, 15) is 4.79 Å². The van der Waals surface area contributed by atoms with Gasteiger partial charge in [0.25, 0.3) is 0 Å². The number of aromatic amines is 1. The minimum absolute atomic E-state index is 0.0406. The number of fused-ring (bicyclic) bond motifs is 1. The Bertz CT molecular complexity index is 640. The fourth-order valence-electron chi connectivity index (χ4n) is 2.58. The van der Waals surface area contributed by atoms with Crippen LogP contribution < -0.4 is 10.6 Å². The number of rotatable bonds is 4. The summed E-state index contributed by atoms with van der Waals surface area (Å²) in [5, 5.41) is 7.14. The summed E-state index contributed by atoms with van der Waals surface area (Å²) in [6, 6.07) is 6.81. The summed E-state index contributed by atoms with van der Waals surface area (Å²) in [6.45, 7) is 4.86.